The number of anilines is 2. The molecule has 0 spiro atoms. The van der Waals surface area contributed by atoms with Crippen molar-refractivity contribution in [3.05, 3.63) is 94.5 Å². The molecule has 0 saturated carbocycles. The number of nitrogens with one attached hydrogen (secondary N) is 2. The lowest BCUT2D eigenvalue weighted by Crippen LogP contribution is -2.28. The first-order chi connectivity index (χ1) is 13.9. The molecule has 0 bridgehead atoms. The highest BCUT2D eigenvalue weighted by atomic mass is 35.5. The first-order valence-corrected chi connectivity index (χ1v) is 9.54. The quantitative estimate of drug-likeness (QED) is 0.607. The highest BCUT2D eigenvalue weighted by molar-refractivity contribution is 6.30. The highest BCUT2D eigenvalue weighted by Gasteiger charge is 2.13. The van der Waals surface area contributed by atoms with Crippen LogP contribution in [0.15, 0.2) is 72.8 Å². The fraction of sp³-hybridized carbons (Fsp3) is 0.130. The van der Waals surface area contributed by atoms with Gasteiger partial charge in [-0.05, 0) is 61.0 Å². The molecule has 0 unspecified atom stereocenters. The van der Waals surface area contributed by atoms with Gasteiger partial charge in [0.2, 0.25) is 0 Å². The fourth-order valence-electron chi connectivity index (χ4n) is 2.74. The Hall–Kier alpha value is -3.31. The molecule has 5 nitrogen and oxygen atoms in total. The molecule has 29 heavy (non-hydrogen) atoms. The molecule has 148 valence electrons. The lowest BCUT2D eigenvalue weighted by molar-refractivity contribution is 0.0993. The van der Waals surface area contributed by atoms with Gasteiger partial charge in [-0.25, -0.2) is 4.79 Å². The summed E-state index contributed by atoms with van der Waals surface area (Å²) < 4.78 is 0. The van der Waals surface area contributed by atoms with E-state index in [2.05, 4.69) is 10.6 Å². The Morgan fingerprint density at radius 3 is 2.14 bits per heavy atom. The van der Waals surface area contributed by atoms with Gasteiger partial charge in [0.25, 0.3) is 5.91 Å². The summed E-state index contributed by atoms with van der Waals surface area (Å²) >= 11 is 5.87. The summed E-state index contributed by atoms with van der Waals surface area (Å²) in [6.45, 7) is 2.47. The molecule has 0 radical (unpaired) electrons. The van der Waals surface area contributed by atoms with E-state index in [1.54, 1.807) is 60.5 Å². The van der Waals surface area contributed by atoms with Crippen LogP contribution in [0.25, 0.3) is 0 Å². The Labute approximate surface area is 175 Å². The van der Waals surface area contributed by atoms with Crippen molar-refractivity contribution in [1.29, 1.82) is 0 Å². The second-order valence-electron chi connectivity index (χ2n) is 6.71. The van der Waals surface area contributed by atoms with Gasteiger partial charge in [-0.1, -0.05) is 41.4 Å². The molecule has 0 fully saturated rings. The third kappa shape index (κ3) is 5.59. The van der Waals surface area contributed by atoms with Gasteiger partial charge in [0.15, 0.2) is 0 Å². The van der Waals surface area contributed by atoms with Gasteiger partial charge in [-0.2, -0.15) is 0 Å². The SMILES string of the molecule is Cc1ccc(CNC(=O)Nc2ccc(N(C)C(=O)c3ccc(Cl)cc3)cc2)cc1. The molecule has 0 heterocycles. The monoisotopic (exact) mass is 407 g/mol. The molecule has 3 aromatic carbocycles. The molecule has 3 amide bonds. The Morgan fingerprint density at radius 2 is 1.52 bits per heavy atom. The van der Waals surface area contributed by atoms with Crippen LogP contribution >= 0.6 is 11.6 Å². The van der Waals surface area contributed by atoms with Crippen LogP contribution in [0.2, 0.25) is 5.02 Å². The van der Waals surface area contributed by atoms with Gasteiger partial charge in [-0.3, -0.25) is 4.79 Å². The van der Waals surface area contributed by atoms with Gasteiger partial charge in [0.05, 0.1) is 0 Å². The van der Waals surface area contributed by atoms with E-state index in [-0.39, 0.29) is 11.9 Å². The van der Waals surface area contributed by atoms with Gasteiger partial charge >= 0.3 is 6.03 Å². The van der Waals surface area contributed by atoms with Gasteiger partial charge < -0.3 is 15.5 Å². The number of halogens is 1. The minimum Gasteiger partial charge on any atom is -0.334 e. The lowest BCUT2D eigenvalue weighted by atomic mass is 10.1. The second-order valence-corrected chi connectivity index (χ2v) is 7.15. The van der Waals surface area contributed by atoms with Crippen molar-refractivity contribution in [2.75, 3.05) is 17.3 Å². The normalized spacial score (nSPS) is 10.3. The molecule has 3 rings (SSSR count). The highest BCUT2D eigenvalue weighted by Crippen LogP contribution is 2.19. The zero-order valence-electron chi connectivity index (χ0n) is 16.3. The van der Waals surface area contributed by atoms with Crippen molar-refractivity contribution in [2.45, 2.75) is 13.5 Å². The fourth-order valence-corrected chi connectivity index (χ4v) is 2.86. The molecule has 0 aliphatic rings. The van der Waals surface area contributed by atoms with Crippen molar-refractivity contribution in [3.63, 3.8) is 0 Å². The number of rotatable bonds is 5. The number of carbonyl (C=O) groups is 2. The molecule has 6 heteroatoms. The maximum Gasteiger partial charge on any atom is 0.319 e. The van der Waals surface area contributed by atoms with Crippen LogP contribution in [0.4, 0.5) is 16.2 Å². The van der Waals surface area contributed by atoms with E-state index >= 15 is 0 Å². The van der Waals surface area contributed by atoms with E-state index in [0.29, 0.717) is 22.8 Å². The number of carbonyl (C=O) groups excluding carboxylic acids is 2. The first kappa shape index (κ1) is 20.4. The number of nitrogens with zero attached hydrogens (tertiary/aromatic N) is 1. The van der Waals surface area contributed by atoms with Crippen molar-refractivity contribution >= 4 is 34.9 Å². The molecule has 0 aromatic heterocycles. The van der Waals surface area contributed by atoms with Crippen LogP contribution in [-0.4, -0.2) is 19.0 Å². The molecule has 0 aliphatic carbocycles. The minimum absolute atomic E-state index is 0.141. The number of amides is 3. The number of hydrogen-bond donors (Lipinski definition) is 2. The maximum atomic E-state index is 12.6. The Morgan fingerprint density at radius 1 is 0.897 bits per heavy atom. The van der Waals surface area contributed by atoms with Crippen LogP contribution in [0.5, 0.6) is 0 Å². The summed E-state index contributed by atoms with van der Waals surface area (Å²) in [7, 11) is 1.70. The minimum atomic E-state index is -0.288. The van der Waals surface area contributed by atoms with Gasteiger partial charge in [0.1, 0.15) is 0 Å². The summed E-state index contributed by atoms with van der Waals surface area (Å²) in [6, 6.07) is 21.5. The van der Waals surface area contributed by atoms with E-state index < -0.39 is 0 Å². The average molecular weight is 408 g/mol. The molecule has 0 aliphatic heterocycles. The maximum absolute atomic E-state index is 12.6. The standard InChI is InChI=1S/C23H22ClN3O2/c1-16-3-5-17(6-4-16)15-25-23(29)26-20-11-13-21(14-12-20)27(2)22(28)18-7-9-19(24)10-8-18/h3-14H,15H2,1-2H3,(H2,25,26,29). The van der Waals surface area contributed by atoms with E-state index in [1.165, 1.54) is 5.56 Å². The van der Waals surface area contributed by atoms with E-state index in [9.17, 15) is 9.59 Å². The van der Waals surface area contributed by atoms with Crippen LogP contribution < -0.4 is 15.5 Å². The molecule has 3 aromatic rings. The van der Waals surface area contributed by atoms with Crippen LogP contribution in [0.3, 0.4) is 0 Å². The smallest absolute Gasteiger partial charge is 0.319 e. The Bertz CT molecular complexity index is 984. The van der Waals surface area contributed by atoms with Crippen LogP contribution in [0, 0.1) is 6.92 Å². The third-order valence-corrected chi connectivity index (χ3v) is 4.73. The number of aryl methyl sites for hydroxylation is 1. The molecular weight excluding hydrogens is 386 g/mol. The molecule has 0 saturated heterocycles. The Balaban J connectivity index is 1.56. The van der Waals surface area contributed by atoms with Crippen LogP contribution in [-0.2, 0) is 6.54 Å². The summed E-state index contributed by atoms with van der Waals surface area (Å²) in [5, 5.41) is 6.20. The van der Waals surface area contributed by atoms with Crippen molar-refractivity contribution in [1.82, 2.24) is 5.32 Å². The Kier molecular flexibility index (Phi) is 6.52. The van der Waals surface area contributed by atoms with Crippen molar-refractivity contribution in [3.8, 4) is 0 Å². The summed E-state index contributed by atoms with van der Waals surface area (Å²) in [6.07, 6.45) is 0. The van der Waals surface area contributed by atoms with E-state index in [0.717, 1.165) is 11.3 Å². The zero-order chi connectivity index (χ0) is 20.8. The largest absolute Gasteiger partial charge is 0.334 e. The first-order valence-electron chi connectivity index (χ1n) is 9.16. The summed E-state index contributed by atoms with van der Waals surface area (Å²) in [4.78, 5) is 26.2. The predicted molar refractivity (Wildman–Crippen MR) is 118 cm³/mol. The summed E-state index contributed by atoms with van der Waals surface area (Å²) in [5.41, 5.74) is 4.12. The number of benzene rings is 3. The number of hydrogen-bond acceptors (Lipinski definition) is 2. The van der Waals surface area contributed by atoms with E-state index in [1.807, 2.05) is 31.2 Å². The molecule has 2 N–H and O–H groups in total. The molecular formula is C23H22ClN3O2. The van der Waals surface area contributed by atoms with Crippen LogP contribution in [0.1, 0.15) is 21.5 Å². The third-order valence-electron chi connectivity index (χ3n) is 4.48. The summed E-state index contributed by atoms with van der Waals surface area (Å²) in [5.74, 6) is -0.141. The zero-order valence-corrected chi connectivity index (χ0v) is 17.0. The average Bonchev–Trinajstić information content (AvgIpc) is 2.73. The number of urea groups is 1. The molecule has 0 atom stereocenters. The van der Waals surface area contributed by atoms with Gasteiger partial charge in [-0.15, -0.1) is 0 Å². The van der Waals surface area contributed by atoms with Crippen molar-refractivity contribution < 1.29 is 9.59 Å². The topological polar surface area (TPSA) is 61.4 Å². The second kappa shape index (κ2) is 9.26. The van der Waals surface area contributed by atoms with Gasteiger partial charge in [0, 0.05) is 35.6 Å². The van der Waals surface area contributed by atoms with E-state index in [4.69, 9.17) is 11.6 Å². The predicted octanol–water partition coefficient (Wildman–Crippen LogP) is 5.25. The van der Waals surface area contributed by atoms with Crippen molar-refractivity contribution in [2.24, 2.45) is 0 Å². The lowest BCUT2D eigenvalue weighted by Gasteiger charge is -2.18.